The molecule has 1 aromatic rings. The quantitative estimate of drug-likeness (QED) is 0.730. The fourth-order valence-corrected chi connectivity index (χ4v) is 1.92. The minimum atomic E-state index is -0.225. The molecule has 2 unspecified atom stereocenters. The standard InChI is InChI=1S/C15H22FNO/c1-4-7-14(17-15(10-18)11(2)3)12-8-5-6-9-13(12)16/h4-6,8-9,11,14-15,17-18H,1,7,10H2,2-3H3. The lowest BCUT2D eigenvalue weighted by atomic mass is 9.98. The first-order valence-corrected chi connectivity index (χ1v) is 6.32. The summed E-state index contributed by atoms with van der Waals surface area (Å²) >= 11 is 0. The van der Waals surface area contributed by atoms with Crippen molar-refractivity contribution in [3.63, 3.8) is 0 Å². The van der Waals surface area contributed by atoms with Crippen LogP contribution in [0.4, 0.5) is 4.39 Å². The van der Waals surface area contributed by atoms with Crippen LogP contribution in [0.3, 0.4) is 0 Å². The van der Waals surface area contributed by atoms with Gasteiger partial charge in [0.25, 0.3) is 0 Å². The van der Waals surface area contributed by atoms with Gasteiger partial charge in [0.2, 0.25) is 0 Å². The highest BCUT2D eigenvalue weighted by Gasteiger charge is 2.20. The third kappa shape index (κ3) is 3.93. The van der Waals surface area contributed by atoms with Crippen molar-refractivity contribution in [2.45, 2.75) is 32.4 Å². The van der Waals surface area contributed by atoms with Crippen molar-refractivity contribution in [1.29, 1.82) is 0 Å². The molecule has 100 valence electrons. The normalized spacial score (nSPS) is 14.5. The van der Waals surface area contributed by atoms with Crippen molar-refractivity contribution < 1.29 is 9.50 Å². The van der Waals surface area contributed by atoms with Gasteiger partial charge in [-0.05, 0) is 18.4 Å². The average Bonchev–Trinajstić information content (AvgIpc) is 2.35. The Morgan fingerprint density at radius 2 is 2.06 bits per heavy atom. The van der Waals surface area contributed by atoms with E-state index in [2.05, 4.69) is 11.9 Å². The van der Waals surface area contributed by atoms with Gasteiger partial charge in [-0.25, -0.2) is 4.39 Å². The van der Waals surface area contributed by atoms with E-state index < -0.39 is 0 Å². The van der Waals surface area contributed by atoms with Gasteiger partial charge in [0.05, 0.1) is 6.61 Å². The molecule has 0 aliphatic heterocycles. The summed E-state index contributed by atoms with van der Waals surface area (Å²) in [5.41, 5.74) is 0.622. The fourth-order valence-electron chi connectivity index (χ4n) is 1.92. The molecule has 1 aromatic carbocycles. The van der Waals surface area contributed by atoms with Gasteiger partial charge < -0.3 is 10.4 Å². The molecular weight excluding hydrogens is 229 g/mol. The van der Waals surface area contributed by atoms with Gasteiger partial charge in [0, 0.05) is 17.6 Å². The Hall–Kier alpha value is -1.19. The molecule has 1 rings (SSSR count). The number of nitrogens with one attached hydrogen (secondary N) is 1. The number of rotatable bonds is 7. The van der Waals surface area contributed by atoms with E-state index in [0.29, 0.717) is 12.0 Å². The topological polar surface area (TPSA) is 32.3 Å². The lowest BCUT2D eigenvalue weighted by molar-refractivity contribution is 0.198. The van der Waals surface area contributed by atoms with E-state index in [1.807, 2.05) is 19.9 Å². The monoisotopic (exact) mass is 251 g/mol. The Morgan fingerprint density at radius 1 is 1.39 bits per heavy atom. The predicted molar refractivity (Wildman–Crippen MR) is 72.8 cm³/mol. The molecular formula is C15H22FNO. The molecule has 2 atom stereocenters. The molecule has 18 heavy (non-hydrogen) atoms. The molecule has 0 saturated heterocycles. The SMILES string of the molecule is C=CCC(NC(CO)C(C)C)c1ccccc1F. The van der Waals surface area contributed by atoms with Crippen LogP contribution in [0.15, 0.2) is 36.9 Å². The van der Waals surface area contributed by atoms with E-state index in [-0.39, 0.29) is 30.4 Å². The first-order chi connectivity index (χ1) is 8.60. The minimum Gasteiger partial charge on any atom is -0.395 e. The number of hydrogen-bond acceptors (Lipinski definition) is 2. The predicted octanol–water partition coefficient (Wildman–Crippen LogP) is 3.05. The first kappa shape index (κ1) is 14.9. The second kappa shape index (κ2) is 7.29. The van der Waals surface area contributed by atoms with Crippen molar-refractivity contribution in [2.75, 3.05) is 6.61 Å². The van der Waals surface area contributed by atoms with Crippen LogP contribution in [0.5, 0.6) is 0 Å². The Kier molecular flexibility index (Phi) is 6.02. The summed E-state index contributed by atoms with van der Waals surface area (Å²) < 4.78 is 13.8. The molecule has 0 spiro atoms. The molecule has 0 fully saturated rings. The maximum atomic E-state index is 13.8. The highest BCUT2D eigenvalue weighted by Crippen LogP contribution is 2.22. The number of hydrogen-bond donors (Lipinski definition) is 2. The Balaban J connectivity index is 2.89. The van der Waals surface area contributed by atoms with Crippen molar-refractivity contribution in [2.24, 2.45) is 5.92 Å². The number of benzene rings is 1. The molecule has 0 aliphatic carbocycles. The van der Waals surface area contributed by atoms with Crippen molar-refractivity contribution >= 4 is 0 Å². The van der Waals surface area contributed by atoms with Crippen molar-refractivity contribution in [1.82, 2.24) is 5.32 Å². The Labute approximate surface area is 109 Å². The first-order valence-electron chi connectivity index (χ1n) is 6.32. The lowest BCUT2D eigenvalue weighted by Crippen LogP contribution is -2.39. The molecule has 0 bridgehead atoms. The molecule has 0 aromatic heterocycles. The molecule has 2 N–H and O–H groups in total. The van der Waals surface area contributed by atoms with E-state index in [1.165, 1.54) is 6.07 Å². The molecule has 2 nitrogen and oxygen atoms in total. The average molecular weight is 251 g/mol. The lowest BCUT2D eigenvalue weighted by Gasteiger charge is -2.27. The van der Waals surface area contributed by atoms with Crippen LogP contribution in [0.25, 0.3) is 0 Å². The summed E-state index contributed by atoms with van der Waals surface area (Å²) in [5.74, 6) is 0.0615. The second-order valence-corrected chi connectivity index (χ2v) is 4.80. The van der Waals surface area contributed by atoms with E-state index >= 15 is 0 Å². The molecule has 0 aliphatic rings. The highest BCUT2D eigenvalue weighted by atomic mass is 19.1. The van der Waals surface area contributed by atoms with Gasteiger partial charge in [0.15, 0.2) is 0 Å². The molecule has 0 amide bonds. The van der Waals surface area contributed by atoms with Crippen LogP contribution in [-0.2, 0) is 0 Å². The van der Waals surface area contributed by atoms with E-state index in [4.69, 9.17) is 0 Å². The summed E-state index contributed by atoms with van der Waals surface area (Å²) in [5, 5.41) is 12.6. The van der Waals surface area contributed by atoms with Crippen molar-refractivity contribution in [3.05, 3.63) is 48.3 Å². The van der Waals surface area contributed by atoms with Crippen LogP contribution in [0.1, 0.15) is 31.9 Å². The molecule has 0 saturated carbocycles. The summed E-state index contributed by atoms with van der Waals surface area (Å²) in [7, 11) is 0. The largest absolute Gasteiger partial charge is 0.395 e. The van der Waals surface area contributed by atoms with E-state index in [9.17, 15) is 9.50 Å². The number of halogens is 1. The van der Waals surface area contributed by atoms with Crippen LogP contribution in [0.2, 0.25) is 0 Å². The van der Waals surface area contributed by atoms with Gasteiger partial charge >= 0.3 is 0 Å². The Bertz CT molecular complexity index is 379. The second-order valence-electron chi connectivity index (χ2n) is 4.80. The maximum Gasteiger partial charge on any atom is 0.127 e. The molecule has 0 heterocycles. The summed E-state index contributed by atoms with van der Waals surface area (Å²) in [4.78, 5) is 0. The van der Waals surface area contributed by atoms with Gasteiger partial charge in [-0.2, -0.15) is 0 Å². The van der Waals surface area contributed by atoms with Gasteiger partial charge in [-0.15, -0.1) is 6.58 Å². The zero-order valence-corrected chi connectivity index (χ0v) is 11.1. The zero-order valence-electron chi connectivity index (χ0n) is 11.1. The van der Waals surface area contributed by atoms with Gasteiger partial charge in [0.1, 0.15) is 5.82 Å². The third-order valence-electron chi connectivity index (χ3n) is 3.10. The Morgan fingerprint density at radius 3 is 2.56 bits per heavy atom. The van der Waals surface area contributed by atoms with Crippen molar-refractivity contribution in [3.8, 4) is 0 Å². The highest BCUT2D eigenvalue weighted by molar-refractivity contribution is 5.22. The smallest absolute Gasteiger partial charge is 0.127 e. The van der Waals surface area contributed by atoms with Crippen LogP contribution in [-0.4, -0.2) is 17.8 Å². The maximum absolute atomic E-state index is 13.8. The van der Waals surface area contributed by atoms with Gasteiger partial charge in [-0.3, -0.25) is 0 Å². The molecule has 3 heteroatoms. The zero-order chi connectivity index (χ0) is 13.5. The van der Waals surface area contributed by atoms with Crippen LogP contribution < -0.4 is 5.32 Å². The minimum absolute atomic E-state index is 0.0414. The van der Waals surface area contributed by atoms with E-state index in [0.717, 1.165) is 0 Å². The van der Waals surface area contributed by atoms with E-state index in [1.54, 1.807) is 18.2 Å². The fraction of sp³-hybridized carbons (Fsp3) is 0.467. The third-order valence-corrected chi connectivity index (χ3v) is 3.10. The van der Waals surface area contributed by atoms with Crippen LogP contribution in [0, 0.1) is 11.7 Å². The number of aliphatic hydroxyl groups is 1. The summed E-state index contributed by atoms with van der Waals surface area (Å²) in [6, 6.07) is 6.52. The van der Waals surface area contributed by atoms with Crippen LogP contribution >= 0.6 is 0 Å². The summed E-state index contributed by atoms with van der Waals surface area (Å²) in [6.07, 6.45) is 2.39. The van der Waals surface area contributed by atoms with Gasteiger partial charge in [-0.1, -0.05) is 38.1 Å². The molecule has 0 radical (unpaired) electrons. The number of aliphatic hydroxyl groups excluding tert-OH is 1. The summed E-state index contributed by atoms with van der Waals surface area (Å²) in [6.45, 7) is 7.81.